The molecule has 0 spiro atoms. The third-order valence-corrected chi connectivity index (χ3v) is 2.09. The third kappa shape index (κ3) is 3.49. The van der Waals surface area contributed by atoms with Gasteiger partial charge in [0.1, 0.15) is 11.9 Å². The number of hydrogen-bond acceptors (Lipinski definition) is 4. The molecule has 2 unspecified atom stereocenters. The monoisotopic (exact) mass is 199 g/mol. The van der Waals surface area contributed by atoms with Crippen LogP contribution >= 0.6 is 0 Å². The highest BCUT2D eigenvalue weighted by atomic mass is 16.5. The summed E-state index contributed by atoms with van der Waals surface area (Å²) in [5.41, 5.74) is 5.79. The SMILES string of the molecule is COCCC(N)CC(O)c1ccco1. The minimum Gasteiger partial charge on any atom is -0.467 e. The molecule has 0 fully saturated rings. The van der Waals surface area contributed by atoms with Crippen molar-refractivity contribution in [3.05, 3.63) is 24.2 Å². The van der Waals surface area contributed by atoms with E-state index in [1.807, 2.05) is 0 Å². The second-order valence-electron chi connectivity index (χ2n) is 3.31. The van der Waals surface area contributed by atoms with E-state index in [-0.39, 0.29) is 6.04 Å². The Morgan fingerprint density at radius 3 is 3.00 bits per heavy atom. The minimum absolute atomic E-state index is 0.0601. The molecular formula is C10H17NO3. The van der Waals surface area contributed by atoms with Gasteiger partial charge in [-0.25, -0.2) is 0 Å². The molecule has 1 aromatic heterocycles. The van der Waals surface area contributed by atoms with Crippen molar-refractivity contribution in [2.75, 3.05) is 13.7 Å². The molecule has 4 nitrogen and oxygen atoms in total. The fraction of sp³-hybridized carbons (Fsp3) is 0.600. The molecule has 0 saturated carbocycles. The quantitative estimate of drug-likeness (QED) is 0.719. The average molecular weight is 199 g/mol. The largest absolute Gasteiger partial charge is 0.467 e. The summed E-state index contributed by atoms with van der Waals surface area (Å²) in [4.78, 5) is 0. The number of aliphatic hydroxyl groups is 1. The Morgan fingerprint density at radius 2 is 2.43 bits per heavy atom. The van der Waals surface area contributed by atoms with Crippen LogP contribution in [0, 0.1) is 0 Å². The van der Waals surface area contributed by atoms with Gasteiger partial charge in [0.25, 0.3) is 0 Å². The number of rotatable bonds is 6. The zero-order valence-electron chi connectivity index (χ0n) is 8.35. The highest BCUT2D eigenvalue weighted by Crippen LogP contribution is 2.18. The highest BCUT2D eigenvalue weighted by molar-refractivity contribution is 5.02. The molecule has 0 aliphatic rings. The van der Waals surface area contributed by atoms with E-state index < -0.39 is 6.10 Å². The molecule has 2 atom stereocenters. The van der Waals surface area contributed by atoms with Crippen LogP contribution in [0.3, 0.4) is 0 Å². The van der Waals surface area contributed by atoms with Crippen molar-refractivity contribution < 1.29 is 14.3 Å². The molecule has 0 aliphatic heterocycles. The van der Waals surface area contributed by atoms with E-state index in [0.717, 1.165) is 6.42 Å². The van der Waals surface area contributed by atoms with Gasteiger partial charge in [0, 0.05) is 19.8 Å². The van der Waals surface area contributed by atoms with Crippen LogP contribution in [0.1, 0.15) is 24.7 Å². The molecule has 1 heterocycles. The standard InChI is InChI=1S/C10H17NO3/c1-13-6-4-8(11)7-9(12)10-3-2-5-14-10/h2-3,5,8-9,12H,4,6-7,11H2,1H3. The first-order valence-corrected chi connectivity index (χ1v) is 4.70. The van der Waals surface area contributed by atoms with E-state index in [1.165, 1.54) is 0 Å². The molecule has 80 valence electrons. The Labute approximate surface area is 83.7 Å². The number of methoxy groups -OCH3 is 1. The summed E-state index contributed by atoms with van der Waals surface area (Å²) < 4.78 is 9.96. The van der Waals surface area contributed by atoms with Crippen LogP contribution < -0.4 is 5.73 Å². The van der Waals surface area contributed by atoms with Crippen LogP contribution in [0.5, 0.6) is 0 Å². The van der Waals surface area contributed by atoms with Gasteiger partial charge in [-0.3, -0.25) is 0 Å². The lowest BCUT2D eigenvalue weighted by Crippen LogP contribution is -2.24. The molecule has 0 aromatic carbocycles. The van der Waals surface area contributed by atoms with E-state index >= 15 is 0 Å². The molecule has 0 bridgehead atoms. The lowest BCUT2D eigenvalue weighted by atomic mass is 10.1. The van der Waals surface area contributed by atoms with Gasteiger partial charge in [-0.1, -0.05) is 0 Å². The second kappa shape index (κ2) is 5.80. The number of hydrogen-bond donors (Lipinski definition) is 2. The summed E-state index contributed by atoms with van der Waals surface area (Å²) in [6.45, 7) is 0.617. The van der Waals surface area contributed by atoms with Gasteiger partial charge in [-0.2, -0.15) is 0 Å². The van der Waals surface area contributed by atoms with Crippen molar-refractivity contribution in [2.24, 2.45) is 5.73 Å². The summed E-state index contributed by atoms with van der Waals surface area (Å²) in [5.74, 6) is 0.567. The predicted octanol–water partition coefficient (Wildman–Crippen LogP) is 1.07. The Bertz CT molecular complexity index is 236. The third-order valence-electron chi connectivity index (χ3n) is 2.09. The fourth-order valence-corrected chi connectivity index (χ4v) is 1.27. The number of nitrogens with two attached hydrogens (primary N) is 1. The van der Waals surface area contributed by atoms with Crippen molar-refractivity contribution in [1.82, 2.24) is 0 Å². The first kappa shape index (κ1) is 11.2. The summed E-state index contributed by atoms with van der Waals surface area (Å²) in [6.07, 6.45) is 2.17. The maximum absolute atomic E-state index is 9.66. The highest BCUT2D eigenvalue weighted by Gasteiger charge is 2.14. The zero-order valence-corrected chi connectivity index (χ0v) is 8.35. The summed E-state index contributed by atoms with van der Waals surface area (Å²) in [7, 11) is 1.63. The van der Waals surface area contributed by atoms with Gasteiger partial charge < -0.3 is 20.0 Å². The van der Waals surface area contributed by atoms with Gasteiger partial charge in [0.2, 0.25) is 0 Å². The molecule has 3 N–H and O–H groups in total. The van der Waals surface area contributed by atoms with Crippen LogP contribution in [0.2, 0.25) is 0 Å². The molecule has 1 rings (SSSR count). The van der Waals surface area contributed by atoms with Crippen LogP contribution in [-0.4, -0.2) is 24.9 Å². The summed E-state index contributed by atoms with van der Waals surface area (Å²) in [5, 5.41) is 9.66. The average Bonchev–Trinajstić information content (AvgIpc) is 2.67. The van der Waals surface area contributed by atoms with E-state index in [1.54, 1.807) is 25.5 Å². The van der Waals surface area contributed by atoms with Crippen molar-refractivity contribution in [2.45, 2.75) is 25.0 Å². The normalized spacial score (nSPS) is 15.4. The van der Waals surface area contributed by atoms with Crippen molar-refractivity contribution in [3.63, 3.8) is 0 Å². The topological polar surface area (TPSA) is 68.6 Å². The number of ether oxygens (including phenoxy) is 1. The molecule has 0 saturated heterocycles. The Kier molecular flexibility index (Phi) is 4.65. The smallest absolute Gasteiger partial charge is 0.132 e. The second-order valence-corrected chi connectivity index (χ2v) is 3.31. The van der Waals surface area contributed by atoms with E-state index in [0.29, 0.717) is 18.8 Å². The van der Waals surface area contributed by atoms with E-state index in [2.05, 4.69) is 0 Å². The Morgan fingerprint density at radius 1 is 1.64 bits per heavy atom. The lowest BCUT2D eigenvalue weighted by molar-refractivity contribution is 0.121. The first-order chi connectivity index (χ1) is 6.74. The zero-order chi connectivity index (χ0) is 10.4. The van der Waals surface area contributed by atoms with Gasteiger partial charge in [0.05, 0.1) is 6.26 Å². The molecule has 4 heteroatoms. The molecule has 0 radical (unpaired) electrons. The molecule has 14 heavy (non-hydrogen) atoms. The van der Waals surface area contributed by atoms with Gasteiger partial charge in [0.15, 0.2) is 0 Å². The van der Waals surface area contributed by atoms with Crippen LogP contribution in [0.15, 0.2) is 22.8 Å². The molecular weight excluding hydrogens is 182 g/mol. The first-order valence-electron chi connectivity index (χ1n) is 4.70. The minimum atomic E-state index is -0.614. The van der Waals surface area contributed by atoms with Gasteiger partial charge in [-0.15, -0.1) is 0 Å². The van der Waals surface area contributed by atoms with Crippen molar-refractivity contribution >= 4 is 0 Å². The van der Waals surface area contributed by atoms with Gasteiger partial charge >= 0.3 is 0 Å². The van der Waals surface area contributed by atoms with Crippen LogP contribution in [0.4, 0.5) is 0 Å². The summed E-state index contributed by atoms with van der Waals surface area (Å²) in [6, 6.07) is 3.43. The molecule has 0 amide bonds. The van der Waals surface area contributed by atoms with E-state index in [4.69, 9.17) is 14.9 Å². The predicted molar refractivity (Wildman–Crippen MR) is 52.8 cm³/mol. The summed E-state index contributed by atoms with van der Waals surface area (Å²) >= 11 is 0. The molecule has 0 aliphatic carbocycles. The Hall–Kier alpha value is -0.840. The van der Waals surface area contributed by atoms with Crippen LogP contribution in [0.25, 0.3) is 0 Å². The maximum atomic E-state index is 9.66. The van der Waals surface area contributed by atoms with Crippen molar-refractivity contribution in [3.8, 4) is 0 Å². The van der Waals surface area contributed by atoms with E-state index in [9.17, 15) is 5.11 Å². The van der Waals surface area contributed by atoms with Crippen LogP contribution in [-0.2, 0) is 4.74 Å². The van der Waals surface area contributed by atoms with Gasteiger partial charge in [-0.05, 0) is 25.0 Å². The van der Waals surface area contributed by atoms with Crippen molar-refractivity contribution in [1.29, 1.82) is 0 Å². The molecule has 1 aromatic rings. The Balaban J connectivity index is 2.29. The number of aliphatic hydroxyl groups excluding tert-OH is 1. The fourth-order valence-electron chi connectivity index (χ4n) is 1.27. The maximum Gasteiger partial charge on any atom is 0.132 e. The number of furan rings is 1. The lowest BCUT2D eigenvalue weighted by Gasteiger charge is -2.14.